The molecule has 0 aliphatic carbocycles. The largest absolute Gasteiger partial charge is 0.497 e. The Morgan fingerprint density at radius 1 is 1.12 bits per heavy atom. The number of amides is 1. The number of carbonyl (C=O) groups excluding carboxylic acids is 1. The highest BCUT2D eigenvalue weighted by atomic mass is 32.2. The Morgan fingerprint density at radius 2 is 1.76 bits per heavy atom. The van der Waals surface area contributed by atoms with Crippen LogP contribution in [0, 0.1) is 0 Å². The van der Waals surface area contributed by atoms with E-state index in [0.29, 0.717) is 23.7 Å². The van der Waals surface area contributed by atoms with Gasteiger partial charge in [0.05, 0.1) is 25.6 Å². The summed E-state index contributed by atoms with van der Waals surface area (Å²) in [4.78, 5) is 16.9. The highest BCUT2D eigenvalue weighted by molar-refractivity contribution is 7.92. The fourth-order valence-corrected chi connectivity index (χ4v) is 3.38. The molecule has 1 N–H and O–H groups in total. The lowest BCUT2D eigenvalue weighted by molar-refractivity contribution is -0.128. The van der Waals surface area contributed by atoms with Crippen molar-refractivity contribution in [3.8, 4) is 22.9 Å². The van der Waals surface area contributed by atoms with E-state index in [4.69, 9.17) is 14.0 Å². The first-order valence-electron chi connectivity index (χ1n) is 10.2. The van der Waals surface area contributed by atoms with Gasteiger partial charge in [-0.05, 0) is 55.0 Å². The van der Waals surface area contributed by atoms with Crippen molar-refractivity contribution < 1.29 is 27.2 Å². The molecule has 10 nitrogen and oxygen atoms in total. The zero-order valence-corrected chi connectivity index (χ0v) is 19.6. The summed E-state index contributed by atoms with van der Waals surface area (Å²) < 4.78 is 40.6. The number of ether oxygens (including phenoxy) is 2. The Labute approximate surface area is 192 Å². The van der Waals surface area contributed by atoms with E-state index >= 15 is 0 Å². The molecule has 1 atom stereocenters. The molecule has 2 aromatic carbocycles. The first-order valence-corrected chi connectivity index (χ1v) is 12.0. The number of methoxy groups -OCH3 is 1. The topological polar surface area (TPSA) is 124 Å². The molecule has 0 radical (unpaired) electrons. The third kappa shape index (κ3) is 6.22. The van der Waals surface area contributed by atoms with Gasteiger partial charge in [0.2, 0.25) is 21.7 Å². The van der Waals surface area contributed by atoms with Crippen LogP contribution in [0.25, 0.3) is 11.4 Å². The van der Waals surface area contributed by atoms with Crippen molar-refractivity contribution >= 4 is 21.6 Å². The fraction of sp³-hybridized carbons (Fsp3) is 0.318. The molecule has 11 heteroatoms. The van der Waals surface area contributed by atoms with Gasteiger partial charge >= 0.3 is 0 Å². The van der Waals surface area contributed by atoms with Crippen LogP contribution in [-0.2, 0) is 21.4 Å². The Bertz CT molecular complexity index is 1180. The number of carbonyl (C=O) groups is 1. The zero-order valence-electron chi connectivity index (χ0n) is 18.8. The van der Waals surface area contributed by atoms with Crippen LogP contribution in [0.2, 0.25) is 0 Å². The maximum atomic E-state index is 12.6. The molecule has 1 aromatic heterocycles. The van der Waals surface area contributed by atoms with Gasteiger partial charge in [-0.15, -0.1) is 0 Å². The van der Waals surface area contributed by atoms with Crippen LogP contribution in [-0.4, -0.2) is 51.0 Å². The lowest BCUT2D eigenvalue weighted by Gasteiger charge is -2.19. The highest BCUT2D eigenvalue weighted by Gasteiger charge is 2.20. The van der Waals surface area contributed by atoms with Crippen molar-refractivity contribution in [1.82, 2.24) is 15.5 Å². The standard InChI is InChI=1S/C22H26N4O6S/c1-5-19(31-18-12-8-16(9-13-18)26(2)33(4,28)29)22(27)23-14-20-24-21(25-32-20)15-6-10-17(30-3)11-7-15/h6-13,19H,5,14H2,1-4H3,(H,23,27)/t19-/m0/s1. The molecule has 33 heavy (non-hydrogen) atoms. The average Bonchev–Trinajstić information content (AvgIpc) is 3.29. The van der Waals surface area contributed by atoms with Gasteiger partial charge < -0.3 is 19.3 Å². The number of nitrogens with zero attached hydrogens (tertiary/aromatic N) is 3. The smallest absolute Gasteiger partial charge is 0.261 e. The van der Waals surface area contributed by atoms with Crippen LogP contribution in [0.1, 0.15) is 19.2 Å². The van der Waals surface area contributed by atoms with E-state index < -0.39 is 16.1 Å². The number of hydrogen-bond donors (Lipinski definition) is 1. The minimum Gasteiger partial charge on any atom is -0.497 e. The molecular formula is C22H26N4O6S. The molecule has 3 rings (SSSR count). The summed E-state index contributed by atoms with van der Waals surface area (Å²) in [6.45, 7) is 1.88. The number of anilines is 1. The normalized spacial score (nSPS) is 12.1. The average molecular weight is 475 g/mol. The first kappa shape index (κ1) is 24.1. The van der Waals surface area contributed by atoms with Crippen LogP contribution in [0.15, 0.2) is 53.1 Å². The molecule has 3 aromatic rings. The number of aromatic nitrogens is 2. The van der Waals surface area contributed by atoms with E-state index in [1.54, 1.807) is 43.5 Å². The summed E-state index contributed by atoms with van der Waals surface area (Å²) in [6.07, 6.45) is 0.808. The van der Waals surface area contributed by atoms with E-state index in [1.807, 2.05) is 19.1 Å². The van der Waals surface area contributed by atoms with Crippen molar-refractivity contribution in [2.45, 2.75) is 26.0 Å². The summed E-state index contributed by atoms with van der Waals surface area (Å²) in [5.41, 5.74) is 1.25. The summed E-state index contributed by atoms with van der Waals surface area (Å²) in [5.74, 6) is 1.50. The van der Waals surface area contributed by atoms with Gasteiger partial charge in [-0.2, -0.15) is 4.98 Å². The zero-order chi connectivity index (χ0) is 24.0. The monoisotopic (exact) mass is 474 g/mol. The van der Waals surface area contributed by atoms with Gasteiger partial charge in [0.1, 0.15) is 11.5 Å². The summed E-state index contributed by atoms with van der Waals surface area (Å²) in [6, 6.07) is 13.7. The third-order valence-electron chi connectivity index (χ3n) is 4.87. The Hall–Kier alpha value is -3.60. The van der Waals surface area contributed by atoms with Gasteiger partial charge in [0.15, 0.2) is 6.10 Å². The van der Waals surface area contributed by atoms with Crippen LogP contribution < -0.4 is 19.1 Å². The predicted octanol–water partition coefficient (Wildman–Crippen LogP) is 2.61. The van der Waals surface area contributed by atoms with Gasteiger partial charge in [-0.3, -0.25) is 9.10 Å². The van der Waals surface area contributed by atoms with Crippen LogP contribution in [0.4, 0.5) is 5.69 Å². The molecule has 0 fully saturated rings. The summed E-state index contributed by atoms with van der Waals surface area (Å²) in [7, 11) is -0.309. The van der Waals surface area contributed by atoms with Crippen LogP contribution >= 0.6 is 0 Å². The summed E-state index contributed by atoms with van der Waals surface area (Å²) >= 11 is 0. The molecular weight excluding hydrogens is 448 g/mol. The second-order valence-electron chi connectivity index (χ2n) is 7.20. The molecule has 0 spiro atoms. The Kier molecular flexibility index (Phi) is 7.54. The highest BCUT2D eigenvalue weighted by Crippen LogP contribution is 2.22. The molecule has 0 unspecified atom stereocenters. The maximum absolute atomic E-state index is 12.6. The Morgan fingerprint density at radius 3 is 2.33 bits per heavy atom. The molecule has 176 valence electrons. The van der Waals surface area contributed by atoms with E-state index in [-0.39, 0.29) is 18.3 Å². The van der Waals surface area contributed by atoms with Crippen molar-refractivity contribution in [3.63, 3.8) is 0 Å². The lowest BCUT2D eigenvalue weighted by Crippen LogP contribution is -2.37. The molecule has 1 heterocycles. The van der Waals surface area contributed by atoms with Gasteiger partial charge in [-0.1, -0.05) is 12.1 Å². The summed E-state index contributed by atoms with van der Waals surface area (Å²) in [5, 5.41) is 6.67. The lowest BCUT2D eigenvalue weighted by atomic mass is 10.2. The quantitative estimate of drug-likeness (QED) is 0.476. The van der Waals surface area contributed by atoms with E-state index in [0.717, 1.165) is 21.9 Å². The van der Waals surface area contributed by atoms with Crippen molar-refractivity contribution in [2.75, 3.05) is 24.7 Å². The van der Waals surface area contributed by atoms with Crippen molar-refractivity contribution in [3.05, 3.63) is 54.4 Å². The number of rotatable bonds is 10. The minimum atomic E-state index is -3.36. The number of hydrogen-bond acceptors (Lipinski definition) is 8. The maximum Gasteiger partial charge on any atom is 0.261 e. The molecule has 0 bridgehead atoms. The number of nitrogens with one attached hydrogen (secondary N) is 1. The Balaban J connectivity index is 1.57. The van der Waals surface area contributed by atoms with E-state index in [1.165, 1.54) is 7.05 Å². The van der Waals surface area contributed by atoms with E-state index in [9.17, 15) is 13.2 Å². The third-order valence-corrected chi connectivity index (χ3v) is 6.08. The van der Waals surface area contributed by atoms with E-state index in [2.05, 4.69) is 15.5 Å². The first-order chi connectivity index (χ1) is 15.7. The second kappa shape index (κ2) is 10.3. The predicted molar refractivity (Wildman–Crippen MR) is 123 cm³/mol. The number of sulfonamides is 1. The molecule has 0 aliphatic heterocycles. The van der Waals surface area contributed by atoms with Gasteiger partial charge in [0, 0.05) is 12.6 Å². The van der Waals surface area contributed by atoms with Crippen LogP contribution in [0.3, 0.4) is 0 Å². The molecule has 0 saturated heterocycles. The van der Waals surface area contributed by atoms with Gasteiger partial charge in [0.25, 0.3) is 5.91 Å². The SMILES string of the molecule is CC[C@H](Oc1ccc(N(C)S(C)(=O)=O)cc1)C(=O)NCc1nc(-c2ccc(OC)cc2)no1. The number of benzene rings is 2. The molecule has 0 aliphatic rings. The molecule has 1 amide bonds. The minimum absolute atomic E-state index is 0.0555. The van der Waals surface area contributed by atoms with Crippen LogP contribution in [0.5, 0.6) is 11.5 Å². The van der Waals surface area contributed by atoms with Crippen molar-refractivity contribution in [2.24, 2.45) is 0 Å². The van der Waals surface area contributed by atoms with Crippen molar-refractivity contribution in [1.29, 1.82) is 0 Å². The van der Waals surface area contributed by atoms with Gasteiger partial charge in [-0.25, -0.2) is 8.42 Å². The fourth-order valence-electron chi connectivity index (χ4n) is 2.87. The second-order valence-corrected chi connectivity index (χ2v) is 9.21. The molecule has 0 saturated carbocycles.